The summed E-state index contributed by atoms with van der Waals surface area (Å²) in [6.07, 6.45) is 5.89. The fourth-order valence-electron chi connectivity index (χ4n) is 3.54. The zero-order chi connectivity index (χ0) is 22.7. The molecule has 3 N–H and O–H groups in total. The summed E-state index contributed by atoms with van der Waals surface area (Å²) < 4.78 is 39.4. The molecule has 0 unspecified atom stereocenters. The fraction of sp³-hybridized carbons (Fsp3) is 0.300. The number of halogens is 2. The third-order valence-corrected chi connectivity index (χ3v) is 6.56. The molecule has 0 saturated heterocycles. The second kappa shape index (κ2) is 9.31. The lowest BCUT2D eigenvalue weighted by Crippen LogP contribution is -2.39. The number of anilines is 3. The molecule has 12 heteroatoms. The van der Waals surface area contributed by atoms with Crippen LogP contribution in [0.2, 0.25) is 5.02 Å². The van der Waals surface area contributed by atoms with Crippen molar-refractivity contribution in [3.8, 4) is 0 Å². The van der Waals surface area contributed by atoms with Crippen LogP contribution in [-0.2, 0) is 10.0 Å². The van der Waals surface area contributed by atoms with Crippen molar-refractivity contribution in [3.63, 3.8) is 0 Å². The number of hydrogen-bond donors (Lipinski definition) is 3. The number of hydrogen-bond acceptors (Lipinski definition) is 8. The van der Waals surface area contributed by atoms with Gasteiger partial charge in [-0.15, -0.1) is 0 Å². The SMILES string of the molecule is C=CS(=O)(=O)NC1CCC(Nc2ncc3ncnc(Nc4ccc(F)c(Cl)c4)c3n2)CC1. The Bertz CT molecular complexity index is 1250. The van der Waals surface area contributed by atoms with E-state index in [1.54, 1.807) is 12.3 Å². The molecule has 3 aromatic rings. The molecule has 1 aliphatic rings. The highest BCUT2D eigenvalue weighted by Crippen LogP contribution is 2.26. The van der Waals surface area contributed by atoms with Crippen molar-refractivity contribution in [3.05, 3.63) is 53.6 Å². The van der Waals surface area contributed by atoms with Gasteiger partial charge in [-0.05, 0) is 43.9 Å². The maximum Gasteiger partial charge on any atom is 0.233 e. The van der Waals surface area contributed by atoms with E-state index < -0.39 is 15.8 Å². The van der Waals surface area contributed by atoms with E-state index in [9.17, 15) is 12.8 Å². The van der Waals surface area contributed by atoms with Crippen LogP contribution >= 0.6 is 11.6 Å². The molecule has 2 heterocycles. The molecular weight excluding hydrogens is 457 g/mol. The summed E-state index contributed by atoms with van der Waals surface area (Å²) in [6.45, 7) is 3.32. The molecule has 1 aromatic carbocycles. The van der Waals surface area contributed by atoms with E-state index in [0.29, 0.717) is 41.3 Å². The van der Waals surface area contributed by atoms with Crippen LogP contribution in [0.3, 0.4) is 0 Å². The van der Waals surface area contributed by atoms with Crippen molar-refractivity contribution in [1.29, 1.82) is 0 Å². The van der Waals surface area contributed by atoms with Gasteiger partial charge in [0.25, 0.3) is 0 Å². The molecule has 0 radical (unpaired) electrons. The number of rotatable bonds is 7. The number of nitrogens with one attached hydrogen (secondary N) is 3. The van der Waals surface area contributed by atoms with Gasteiger partial charge in [0.1, 0.15) is 23.2 Å². The lowest BCUT2D eigenvalue weighted by Gasteiger charge is -2.29. The van der Waals surface area contributed by atoms with Gasteiger partial charge < -0.3 is 10.6 Å². The van der Waals surface area contributed by atoms with E-state index in [4.69, 9.17) is 11.6 Å². The number of sulfonamides is 1. The van der Waals surface area contributed by atoms with E-state index >= 15 is 0 Å². The molecule has 0 atom stereocenters. The fourth-order valence-corrected chi connectivity index (χ4v) is 4.52. The summed E-state index contributed by atoms with van der Waals surface area (Å²) in [5, 5.41) is 7.31. The second-order valence-electron chi connectivity index (χ2n) is 7.43. The summed E-state index contributed by atoms with van der Waals surface area (Å²) in [6, 6.07) is 4.27. The van der Waals surface area contributed by atoms with Gasteiger partial charge in [0.05, 0.1) is 11.2 Å². The summed E-state index contributed by atoms with van der Waals surface area (Å²) in [4.78, 5) is 17.3. The Morgan fingerprint density at radius 3 is 2.59 bits per heavy atom. The molecule has 9 nitrogen and oxygen atoms in total. The Morgan fingerprint density at radius 1 is 1.12 bits per heavy atom. The molecule has 0 spiro atoms. The molecule has 0 bridgehead atoms. The van der Waals surface area contributed by atoms with E-state index in [0.717, 1.165) is 18.2 Å². The van der Waals surface area contributed by atoms with Gasteiger partial charge in [0, 0.05) is 23.2 Å². The average Bonchev–Trinajstić information content (AvgIpc) is 2.78. The standard InChI is InChI=1S/C20H21ClFN7O2S/c1-2-32(30,31)29-13-5-3-12(4-6-13)27-20-23-10-17-18(28-20)19(25-11-24-17)26-14-7-8-16(22)15(21)9-14/h2,7-13,29H,1,3-6H2,(H,23,27,28)(H,24,25,26). The molecule has 1 fully saturated rings. The minimum Gasteiger partial charge on any atom is -0.351 e. The zero-order valence-corrected chi connectivity index (χ0v) is 18.5. The topological polar surface area (TPSA) is 122 Å². The van der Waals surface area contributed by atoms with Crippen LogP contribution in [0.1, 0.15) is 25.7 Å². The molecule has 0 amide bonds. The van der Waals surface area contributed by atoms with Crippen LogP contribution in [0.25, 0.3) is 11.0 Å². The van der Waals surface area contributed by atoms with Gasteiger partial charge in [-0.25, -0.2) is 37.5 Å². The lowest BCUT2D eigenvalue weighted by molar-refractivity contribution is 0.387. The third kappa shape index (κ3) is 5.29. The highest BCUT2D eigenvalue weighted by molar-refractivity contribution is 7.92. The Labute approximate surface area is 189 Å². The number of nitrogens with zero attached hydrogens (tertiary/aromatic N) is 4. The lowest BCUT2D eigenvalue weighted by atomic mass is 9.92. The van der Waals surface area contributed by atoms with E-state index in [1.807, 2.05) is 0 Å². The van der Waals surface area contributed by atoms with Crippen LogP contribution in [0.15, 0.2) is 42.7 Å². The van der Waals surface area contributed by atoms with Crippen LogP contribution < -0.4 is 15.4 Å². The first-order valence-electron chi connectivity index (χ1n) is 9.94. The van der Waals surface area contributed by atoms with Crippen LogP contribution in [-0.4, -0.2) is 40.4 Å². The maximum absolute atomic E-state index is 13.4. The normalized spacial score (nSPS) is 18.9. The summed E-state index contributed by atoms with van der Waals surface area (Å²) in [7, 11) is -3.44. The predicted molar refractivity (Wildman–Crippen MR) is 122 cm³/mol. The number of benzene rings is 1. The smallest absolute Gasteiger partial charge is 0.233 e. The Balaban J connectivity index is 1.47. The van der Waals surface area contributed by atoms with E-state index in [1.165, 1.54) is 18.5 Å². The van der Waals surface area contributed by atoms with E-state index in [2.05, 4.69) is 41.9 Å². The molecule has 168 valence electrons. The van der Waals surface area contributed by atoms with Gasteiger partial charge in [0.15, 0.2) is 5.82 Å². The summed E-state index contributed by atoms with van der Waals surface area (Å²) in [5.74, 6) is 0.346. The predicted octanol–water partition coefficient (Wildman–Crippen LogP) is 3.74. The van der Waals surface area contributed by atoms with Crippen molar-refractivity contribution in [1.82, 2.24) is 24.7 Å². The number of aromatic nitrogens is 4. The van der Waals surface area contributed by atoms with Crippen LogP contribution in [0.4, 0.5) is 21.8 Å². The highest BCUT2D eigenvalue weighted by atomic mass is 35.5. The van der Waals surface area contributed by atoms with Gasteiger partial charge in [-0.2, -0.15) is 0 Å². The van der Waals surface area contributed by atoms with Crippen molar-refractivity contribution in [2.24, 2.45) is 0 Å². The molecule has 0 aliphatic heterocycles. The van der Waals surface area contributed by atoms with Gasteiger partial charge in [0.2, 0.25) is 16.0 Å². The molecule has 1 aliphatic carbocycles. The first-order valence-corrected chi connectivity index (χ1v) is 11.9. The largest absolute Gasteiger partial charge is 0.351 e. The molecule has 2 aromatic heterocycles. The van der Waals surface area contributed by atoms with Crippen LogP contribution in [0.5, 0.6) is 0 Å². The Hall–Kier alpha value is -2.89. The Kier molecular flexibility index (Phi) is 6.49. The number of fused-ring (bicyclic) bond motifs is 1. The molecular formula is C20H21ClFN7O2S. The summed E-state index contributed by atoms with van der Waals surface area (Å²) >= 11 is 5.86. The minimum absolute atomic E-state index is 0.00340. The average molecular weight is 478 g/mol. The molecule has 1 saturated carbocycles. The van der Waals surface area contributed by atoms with Crippen LogP contribution in [0, 0.1) is 5.82 Å². The maximum atomic E-state index is 13.4. The van der Waals surface area contributed by atoms with E-state index in [-0.39, 0.29) is 17.1 Å². The second-order valence-corrected chi connectivity index (χ2v) is 9.49. The molecule has 4 rings (SSSR count). The summed E-state index contributed by atoms with van der Waals surface area (Å²) in [5.41, 5.74) is 1.60. The minimum atomic E-state index is -3.44. The van der Waals surface area contributed by atoms with Gasteiger partial charge in [-0.3, -0.25) is 0 Å². The van der Waals surface area contributed by atoms with Crippen molar-refractivity contribution < 1.29 is 12.8 Å². The monoisotopic (exact) mass is 477 g/mol. The van der Waals surface area contributed by atoms with Gasteiger partial charge in [-0.1, -0.05) is 18.2 Å². The highest BCUT2D eigenvalue weighted by Gasteiger charge is 2.24. The van der Waals surface area contributed by atoms with Crippen molar-refractivity contribution in [2.45, 2.75) is 37.8 Å². The Morgan fingerprint density at radius 2 is 1.88 bits per heavy atom. The molecule has 32 heavy (non-hydrogen) atoms. The quantitative estimate of drug-likeness (QED) is 0.470. The van der Waals surface area contributed by atoms with Crippen molar-refractivity contribution in [2.75, 3.05) is 10.6 Å². The van der Waals surface area contributed by atoms with Gasteiger partial charge >= 0.3 is 0 Å². The first-order chi connectivity index (χ1) is 15.3. The zero-order valence-electron chi connectivity index (χ0n) is 16.9. The van der Waals surface area contributed by atoms with Crippen molar-refractivity contribution >= 4 is 50.1 Å². The first kappa shape index (κ1) is 22.3. The third-order valence-electron chi connectivity index (χ3n) is 5.17.